The number of amides is 1. The first kappa shape index (κ1) is 13.8. The van der Waals surface area contributed by atoms with Crippen LogP contribution in [-0.4, -0.2) is 49.7 Å². The van der Waals surface area contributed by atoms with Gasteiger partial charge in [-0.1, -0.05) is 0 Å². The molecule has 1 N–H and O–H groups in total. The lowest BCUT2D eigenvalue weighted by Crippen LogP contribution is -2.48. The second-order valence-electron chi connectivity index (χ2n) is 5.60. The van der Waals surface area contributed by atoms with Gasteiger partial charge in [0.25, 0.3) is 5.91 Å². The van der Waals surface area contributed by atoms with E-state index in [1.165, 1.54) is 12.8 Å². The Labute approximate surface area is 110 Å². The van der Waals surface area contributed by atoms with Crippen molar-refractivity contribution < 1.29 is 9.53 Å². The van der Waals surface area contributed by atoms with Crippen LogP contribution in [0, 0.1) is 5.41 Å². The number of carbonyl (C=O) groups excluding carboxylic acids is 1. The highest BCUT2D eigenvalue weighted by atomic mass is 16.5. The lowest BCUT2D eigenvalue weighted by atomic mass is 9.74. The monoisotopic (exact) mass is 254 g/mol. The maximum Gasteiger partial charge on any atom is 0.251 e. The molecule has 0 bridgehead atoms. The standard InChI is InChI=1S/C14H26N2O2/c1-3-16(4-2)13(17)12-5-6-14(11-18-12)7-9-15-10-8-14/h12,15H,3-11H2,1-2H3/t12-/m0/s1. The molecule has 2 fully saturated rings. The number of hydrogen-bond acceptors (Lipinski definition) is 3. The van der Waals surface area contributed by atoms with Crippen LogP contribution in [-0.2, 0) is 9.53 Å². The maximum atomic E-state index is 12.2. The van der Waals surface area contributed by atoms with Crippen molar-refractivity contribution in [3.05, 3.63) is 0 Å². The van der Waals surface area contributed by atoms with Crippen molar-refractivity contribution in [1.82, 2.24) is 10.2 Å². The molecule has 0 aromatic carbocycles. The fraction of sp³-hybridized carbons (Fsp3) is 0.929. The molecule has 2 aliphatic heterocycles. The smallest absolute Gasteiger partial charge is 0.251 e. The van der Waals surface area contributed by atoms with Gasteiger partial charge in [-0.2, -0.15) is 0 Å². The van der Waals surface area contributed by atoms with Crippen molar-refractivity contribution >= 4 is 5.91 Å². The van der Waals surface area contributed by atoms with Crippen LogP contribution in [0.2, 0.25) is 0 Å². The van der Waals surface area contributed by atoms with E-state index in [1.807, 2.05) is 18.7 Å². The van der Waals surface area contributed by atoms with Crippen molar-refractivity contribution in [3.63, 3.8) is 0 Å². The molecule has 0 aromatic rings. The van der Waals surface area contributed by atoms with Gasteiger partial charge in [0, 0.05) is 13.1 Å². The molecule has 1 amide bonds. The van der Waals surface area contributed by atoms with Crippen molar-refractivity contribution in [3.8, 4) is 0 Å². The molecular formula is C14H26N2O2. The Bertz CT molecular complexity index is 274. The number of rotatable bonds is 3. The van der Waals surface area contributed by atoms with E-state index in [4.69, 9.17) is 4.74 Å². The molecule has 0 aromatic heterocycles. The fourth-order valence-electron chi connectivity index (χ4n) is 3.16. The fourth-order valence-corrected chi connectivity index (χ4v) is 3.16. The van der Waals surface area contributed by atoms with E-state index in [-0.39, 0.29) is 12.0 Å². The first-order valence-corrected chi connectivity index (χ1v) is 7.32. The van der Waals surface area contributed by atoms with E-state index in [2.05, 4.69) is 5.32 Å². The Morgan fingerprint density at radius 1 is 1.28 bits per heavy atom. The van der Waals surface area contributed by atoms with Crippen LogP contribution < -0.4 is 5.32 Å². The zero-order valence-corrected chi connectivity index (χ0v) is 11.7. The molecule has 2 rings (SSSR count). The highest BCUT2D eigenvalue weighted by Gasteiger charge is 2.39. The summed E-state index contributed by atoms with van der Waals surface area (Å²) in [6.07, 6.45) is 4.24. The topological polar surface area (TPSA) is 41.6 Å². The van der Waals surface area contributed by atoms with Crippen LogP contribution in [0.15, 0.2) is 0 Å². The van der Waals surface area contributed by atoms with E-state index in [1.54, 1.807) is 0 Å². The van der Waals surface area contributed by atoms with Crippen molar-refractivity contribution in [2.24, 2.45) is 5.41 Å². The van der Waals surface area contributed by atoms with E-state index in [9.17, 15) is 4.79 Å². The van der Waals surface area contributed by atoms with Crippen molar-refractivity contribution in [1.29, 1.82) is 0 Å². The first-order chi connectivity index (χ1) is 8.71. The predicted molar refractivity (Wildman–Crippen MR) is 71.4 cm³/mol. The Morgan fingerprint density at radius 3 is 2.44 bits per heavy atom. The lowest BCUT2D eigenvalue weighted by molar-refractivity contribution is -0.153. The van der Waals surface area contributed by atoms with Crippen LogP contribution in [0.1, 0.15) is 39.5 Å². The first-order valence-electron chi connectivity index (χ1n) is 7.32. The molecule has 1 spiro atoms. The molecule has 2 saturated heterocycles. The zero-order chi connectivity index (χ0) is 13.0. The van der Waals surface area contributed by atoms with Gasteiger partial charge < -0.3 is 15.0 Å². The largest absolute Gasteiger partial charge is 0.368 e. The minimum Gasteiger partial charge on any atom is -0.368 e. The average Bonchev–Trinajstić information content (AvgIpc) is 2.42. The molecule has 18 heavy (non-hydrogen) atoms. The third kappa shape index (κ3) is 2.86. The normalized spacial score (nSPS) is 27.1. The summed E-state index contributed by atoms with van der Waals surface area (Å²) < 4.78 is 5.90. The number of nitrogens with one attached hydrogen (secondary N) is 1. The Balaban J connectivity index is 1.87. The highest BCUT2D eigenvalue weighted by Crippen LogP contribution is 2.39. The summed E-state index contributed by atoms with van der Waals surface area (Å²) in [5.41, 5.74) is 0.352. The maximum absolute atomic E-state index is 12.2. The molecule has 0 radical (unpaired) electrons. The lowest BCUT2D eigenvalue weighted by Gasteiger charge is -2.43. The summed E-state index contributed by atoms with van der Waals surface area (Å²) in [5, 5.41) is 3.40. The SMILES string of the molecule is CCN(CC)C(=O)[C@@H]1CCC2(CCNCC2)CO1. The van der Waals surface area contributed by atoms with Crippen molar-refractivity contribution in [2.45, 2.75) is 45.6 Å². The molecule has 2 aliphatic rings. The molecule has 2 heterocycles. The average molecular weight is 254 g/mol. The number of hydrogen-bond donors (Lipinski definition) is 1. The van der Waals surface area contributed by atoms with Crippen LogP contribution in [0.5, 0.6) is 0 Å². The van der Waals surface area contributed by atoms with Gasteiger partial charge in [0.05, 0.1) is 6.61 Å². The van der Waals surface area contributed by atoms with Crippen LogP contribution in [0.25, 0.3) is 0 Å². The summed E-state index contributed by atoms with van der Waals surface area (Å²) in [6, 6.07) is 0. The Kier molecular flexibility index (Phi) is 4.62. The van der Waals surface area contributed by atoms with E-state index in [0.717, 1.165) is 45.6 Å². The van der Waals surface area contributed by atoms with Gasteiger partial charge in [0.2, 0.25) is 0 Å². The van der Waals surface area contributed by atoms with Gasteiger partial charge in [0.1, 0.15) is 6.10 Å². The van der Waals surface area contributed by atoms with Crippen LogP contribution in [0.3, 0.4) is 0 Å². The number of ether oxygens (including phenoxy) is 1. The van der Waals surface area contributed by atoms with Gasteiger partial charge in [0.15, 0.2) is 0 Å². The van der Waals surface area contributed by atoms with E-state index in [0.29, 0.717) is 5.41 Å². The molecule has 1 atom stereocenters. The molecule has 104 valence electrons. The summed E-state index contributed by atoms with van der Waals surface area (Å²) in [4.78, 5) is 14.1. The van der Waals surface area contributed by atoms with Gasteiger partial charge >= 0.3 is 0 Å². The predicted octanol–water partition coefficient (Wildman–Crippen LogP) is 1.40. The second-order valence-corrected chi connectivity index (χ2v) is 5.60. The molecule has 0 saturated carbocycles. The second kappa shape index (κ2) is 6.02. The summed E-state index contributed by atoms with van der Waals surface area (Å²) in [7, 11) is 0. The van der Waals surface area contributed by atoms with Crippen molar-refractivity contribution in [2.75, 3.05) is 32.8 Å². The Hall–Kier alpha value is -0.610. The van der Waals surface area contributed by atoms with Crippen LogP contribution >= 0.6 is 0 Å². The molecule has 4 nitrogen and oxygen atoms in total. The minimum absolute atomic E-state index is 0.184. The quantitative estimate of drug-likeness (QED) is 0.828. The highest BCUT2D eigenvalue weighted by molar-refractivity contribution is 5.81. The molecular weight excluding hydrogens is 228 g/mol. The van der Waals surface area contributed by atoms with Gasteiger partial charge in [-0.05, 0) is 58.0 Å². The Morgan fingerprint density at radius 2 is 1.94 bits per heavy atom. The molecule has 4 heteroatoms. The third-order valence-electron chi connectivity index (χ3n) is 4.54. The minimum atomic E-state index is -0.189. The number of nitrogens with zero attached hydrogens (tertiary/aromatic N) is 1. The zero-order valence-electron chi connectivity index (χ0n) is 11.7. The number of likely N-dealkylation sites (N-methyl/N-ethyl adjacent to an activating group) is 1. The number of carbonyl (C=O) groups is 1. The summed E-state index contributed by atoms with van der Waals surface area (Å²) >= 11 is 0. The molecule has 0 unspecified atom stereocenters. The van der Waals surface area contributed by atoms with Gasteiger partial charge in [-0.3, -0.25) is 4.79 Å². The molecule has 0 aliphatic carbocycles. The summed E-state index contributed by atoms with van der Waals surface area (Å²) in [6.45, 7) is 8.58. The number of piperidine rings is 1. The van der Waals surface area contributed by atoms with Crippen LogP contribution in [0.4, 0.5) is 0 Å². The van der Waals surface area contributed by atoms with E-state index < -0.39 is 0 Å². The van der Waals surface area contributed by atoms with Gasteiger partial charge in [-0.15, -0.1) is 0 Å². The van der Waals surface area contributed by atoms with Gasteiger partial charge in [-0.25, -0.2) is 0 Å². The summed E-state index contributed by atoms with van der Waals surface area (Å²) in [5.74, 6) is 0.184. The van der Waals surface area contributed by atoms with E-state index >= 15 is 0 Å². The third-order valence-corrected chi connectivity index (χ3v) is 4.54.